The second kappa shape index (κ2) is 6.83. The third kappa shape index (κ3) is 3.55. The molecule has 0 amide bonds. The Kier molecular flexibility index (Phi) is 4.78. The van der Waals surface area contributed by atoms with E-state index in [1.165, 1.54) is 0 Å². The summed E-state index contributed by atoms with van der Waals surface area (Å²) in [7, 11) is -3.61. The maximum Gasteiger partial charge on any atom is 0.241 e. The van der Waals surface area contributed by atoms with Crippen molar-refractivity contribution in [1.82, 2.24) is 4.72 Å². The molecule has 2 aromatic rings. The van der Waals surface area contributed by atoms with Crippen LogP contribution in [0.5, 0.6) is 11.5 Å². The summed E-state index contributed by atoms with van der Waals surface area (Å²) in [5.74, 6) is 1.40. The van der Waals surface area contributed by atoms with Gasteiger partial charge in [-0.25, -0.2) is 13.1 Å². The molecule has 0 saturated heterocycles. The average Bonchev–Trinajstić information content (AvgIpc) is 2.56. The van der Waals surface area contributed by atoms with Crippen molar-refractivity contribution in [2.45, 2.75) is 31.2 Å². The van der Waals surface area contributed by atoms with E-state index in [9.17, 15) is 8.42 Å². The Balaban J connectivity index is 1.84. The minimum absolute atomic E-state index is 0.228. The molecule has 0 radical (unpaired) electrons. The van der Waals surface area contributed by atoms with Gasteiger partial charge >= 0.3 is 0 Å². The highest BCUT2D eigenvalue weighted by atomic mass is 32.2. The van der Waals surface area contributed by atoms with Gasteiger partial charge in [0.15, 0.2) is 0 Å². The number of ether oxygens (including phenoxy) is 2. The van der Waals surface area contributed by atoms with E-state index in [-0.39, 0.29) is 10.9 Å². The molecule has 0 aromatic heterocycles. The molecule has 5 nitrogen and oxygen atoms in total. The van der Waals surface area contributed by atoms with Crippen LogP contribution in [0.4, 0.5) is 0 Å². The minimum Gasteiger partial charge on any atom is -0.494 e. The lowest BCUT2D eigenvalue weighted by Crippen LogP contribution is -2.32. The van der Waals surface area contributed by atoms with Crippen LogP contribution in [-0.2, 0) is 10.0 Å². The van der Waals surface area contributed by atoms with Crippen LogP contribution in [0.1, 0.15) is 30.5 Å². The maximum absolute atomic E-state index is 12.7. The van der Waals surface area contributed by atoms with E-state index >= 15 is 0 Å². The van der Waals surface area contributed by atoms with Crippen LogP contribution in [0, 0.1) is 6.92 Å². The normalized spacial score (nSPS) is 17.0. The number of fused-ring (bicyclic) bond motifs is 1. The molecule has 0 aliphatic carbocycles. The van der Waals surface area contributed by atoms with Gasteiger partial charge in [-0.05, 0) is 44.2 Å². The summed E-state index contributed by atoms with van der Waals surface area (Å²) in [6.45, 7) is 4.90. The molecule has 128 valence electrons. The number of hydrogen-bond donors (Lipinski definition) is 1. The lowest BCUT2D eigenvalue weighted by atomic mass is 10.00. The second-order valence-electron chi connectivity index (χ2n) is 5.76. The first-order valence-corrected chi connectivity index (χ1v) is 9.46. The summed E-state index contributed by atoms with van der Waals surface area (Å²) in [6, 6.07) is 12.0. The van der Waals surface area contributed by atoms with Crippen molar-refractivity contribution in [2.24, 2.45) is 0 Å². The van der Waals surface area contributed by atoms with E-state index in [0.717, 1.165) is 16.9 Å². The van der Waals surface area contributed by atoms with Crippen LogP contribution in [0.3, 0.4) is 0 Å². The first-order chi connectivity index (χ1) is 11.5. The molecule has 24 heavy (non-hydrogen) atoms. The first-order valence-electron chi connectivity index (χ1n) is 7.98. The van der Waals surface area contributed by atoms with Crippen molar-refractivity contribution in [3.05, 3.63) is 53.6 Å². The Bertz CT molecular complexity index is 815. The van der Waals surface area contributed by atoms with E-state index in [4.69, 9.17) is 9.47 Å². The third-order valence-electron chi connectivity index (χ3n) is 3.95. The number of sulfonamides is 1. The molecule has 1 N–H and O–H groups in total. The summed E-state index contributed by atoms with van der Waals surface area (Å²) >= 11 is 0. The van der Waals surface area contributed by atoms with Gasteiger partial charge in [-0.15, -0.1) is 0 Å². The second-order valence-corrected chi connectivity index (χ2v) is 7.47. The maximum atomic E-state index is 12.7. The molecule has 0 spiro atoms. The molecule has 0 fully saturated rings. The third-order valence-corrected chi connectivity index (χ3v) is 5.43. The molecule has 1 atom stereocenters. The van der Waals surface area contributed by atoms with Gasteiger partial charge in [-0.3, -0.25) is 0 Å². The van der Waals surface area contributed by atoms with Crippen molar-refractivity contribution in [3.8, 4) is 11.5 Å². The average molecular weight is 347 g/mol. The zero-order chi connectivity index (χ0) is 17.2. The van der Waals surface area contributed by atoms with Crippen LogP contribution >= 0.6 is 0 Å². The van der Waals surface area contributed by atoms with Crippen molar-refractivity contribution in [3.63, 3.8) is 0 Å². The van der Waals surface area contributed by atoms with E-state index in [0.29, 0.717) is 25.4 Å². The summed E-state index contributed by atoms with van der Waals surface area (Å²) in [4.78, 5) is 0.228. The highest BCUT2D eigenvalue weighted by Crippen LogP contribution is 2.33. The Morgan fingerprint density at radius 3 is 2.67 bits per heavy atom. The van der Waals surface area contributed by atoms with Gasteiger partial charge in [0.25, 0.3) is 0 Å². The van der Waals surface area contributed by atoms with Crippen LogP contribution in [-0.4, -0.2) is 21.6 Å². The molecule has 1 aliphatic heterocycles. The van der Waals surface area contributed by atoms with Gasteiger partial charge in [0, 0.05) is 12.0 Å². The van der Waals surface area contributed by atoms with E-state index in [1.807, 2.05) is 32.0 Å². The van der Waals surface area contributed by atoms with Gasteiger partial charge in [0.2, 0.25) is 10.0 Å². The van der Waals surface area contributed by atoms with Crippen LogP contribution in [0.2, 0.25) is 0 Å². The molecular formula is C18H21NO4S. The van der Waals surface area contributed by atoms with E-state index in [2.05, 4.69) is 4.72 Å². The number of rotatable bonds is 5. The van der Waals surface area contributed by atoms with Gasteiger partial charge in [-0.1, -0.05) is 17.7 Å². The lowest BCUT2D eigenvalue weighted by Gasteiger charge is -2.27. The number of hydrogen-bond acceptors (Lipinski definition) is 4. The number of nitrogens with one attached hydrogen (secondary N) is 1. The fourth-order valence-electron chi connectivity index (χ4n) is 2.77. The predicted octanol–water partition coefficient (Wildman–Crippen LogP) is 3.20. The largest absolute Gasteiger partial charge is 0.494 e. The standard InChI is InChI=1S/C18H21NO4S/c1-3-22-14-5-7-15(8-6-14)24(20,21)19-17-10-11-23-18-9-4-13(2)12-16(17)18/h4-9,12,17,19H,3,10-11H2,1-2H3. The quantitative estimate of drug-likeness (QED) is 0.902. The van der Waals surface area contributed by atoms with Crippen molar-refractivity contribution in [1.29, 1.82) is 0 Å². The molecule has 1 unspecified atom stereocenters. The zero-order valence-corrected chi connectivity index (χ0v) is 14.6. The molecule has 3 rings (SSSR count). The van der Waals surface area contributed by atoms with Gasteiger partial charge in [0.1, 0.15) is 11.5 Å². The topological polar surface area (TPSA) is 64.6 Å². The molecule has 1 heterocycles. The minimum atomic E-state index is -3.61. The van der Waals surface area contributed by atoms with Crippen LogP contribution in [0.15, 0.2) is 47.4 Å². The van der Waals surface area contributed by atoms with Gasteiger partial charge in [0.05, 0.1) is 24.2 Å². The fourth-order valence-corrected chi connectivity index (χ4v) is 4.02. The molecule has 1 aliphatic rings. The predicted molar refractivity (Wildman–Crippen MR) is 92.0 cm³/mol. The molecule has 2 aromatic carbocycles. The lowest BCUT2D eigenvalue weighted by molar-refractivity contribution is 0.263. The molecule has 6 heteroatoms. The molecular weight excluding hydrogens is 326 g/mol. The van der Waals surface area contributed by atoms with Gasteiger partial charge in [-0.2, -0.15) is 0 Å². The highest BCUT2D eigenvalue weighted by molar-refractivity contribution is 7.89. The van der Waals surface area contributed by atoms with Crippen molar-refractivity contribution < 1.29 is 17.9 Å². The van der Waals surface area contributed by atoms with Crippen molar-refractivity contribution in [2.75, 3.05) is 13.2 Å². The van der Waals surface area contributed by atoms with Crippen molar-refractivity contribution >= 4 is 10.0 Å². The molecule has 0 bridgehead atoms. The molecule has 0 saturated carbocycles. The summed E-state index contributed by atoms with van der Waals surface area (Å²) in [5.41, 5.74) is 1.96. The Hall–Kier alpha value is -2.05. The fraction of sp³-hybridized carbons (Fsp3) is 0.333. The summed E-state index contributed by atoms with van der Waals surface area (Å²) in [5, 5.41) is 0. The highest BCUT2D eigenvalue weighted by Gasteiger charge is 2.26. The Morgan fingerprint density at radius 2 is 1.96 bits per heavy atom. The monoisotopic (exact) mass is 347 g/mol. The van der Waals surface area contributed by atoms with Crippen LogP contribution < -0.4 is 14.2 Å². The van der Waals surface area contributed by atoms with Gasteiger partial charge < -0.3 is 9.47 Å². The first kappa shape index (κ1) is 16.8. The number of aryl methyl sites for hydroxylation is 1. The van der Waals surface area contributed by atoms with E-state index in [1.54, 1.807) is 24.3 Å². The van der Waals surface area contributed by atoms with Crippen LogP contribution in [0.25, 0.3) is 0 Å². The zero-order valence-electron chi connectivity index (χ0n) is 13.8. The van der Waals surface area contributed by atoms with E-state index < -0.39 is 10.0 Å². The summed E-state index contributed by atoms with van der Waals surface area (Å²) < 4.78 is 39.1. The smallest absolute Gasteiger partial charge is 0.241 e. The SMILES string of the molecule is CCOc1ccc(S(=O)(=O)NC2CCOc3ccc(C)cc32)cc1. The number of benzene rings is 2. The Morgan fingerprint density at radius 1 is 1.21 bits per heavy atom. The Labute approximate surface area is 142 Å². The summed E-state index contributed by atoms with van der Waals surface area (Å²) in [6.07, 6.45) is 0.604.